The average Bonchev–Trinajstić information content (AvgIpc) is 2.46. The molecule has 110 valence electrons. The molecule has 0 unspecified atom stereocenters. The van der Waals surface area contributed by atoms with Crippen LogP contribution in [0, 0.1) is 20.8 Å². The number of aryl methyl sites for hydroxylation is 3. The lowest BCUT2D eigenvalue weighted by Gasteiger charge is -2.12. The summed E-state index contributed by atoms with van der Waals surface area (Å²) in [7, 11) is 0. The highest BCUT2D eigenvalue weighted by Crippen LogP contribution is 2.22. The first kappa shape index (κ1) is 15.1. The molecule has 1 amide bonds. The van der Waals surface area contributed by atoms with Crippen molar-refractivity contribution in [2.24, 2.45) is 0 Å². The minimum absolute atomic E-state index is 0.0393. The maximum atomic E-state index is 11.9. The van der Waals surface area contributed by atoms with Crippen molar-refractivity contribution in [2.45, 2.75) is 27.3 Å². The molecule has 0 heterocycles. The maximum Gasteiger partial charge on any atom is 0.258 e. The molecule has 0 radical (unpaired) electrons. The van der Waals surface area contributed by atoms with Gasteiger partial charge in [-0.3, -0.25) is 4.79 Å². The summed E-state index contributed by atoms with van der Waals surface area (Å²) in [6.07, 6.45) is 0. The predicted molar refractivity (Wildman–Crippen MR) is 84.4 cm³/mol. The molecule has 3 nitrogen and oxygen atoms in total. The molecule has 2 aromatic rings. The summed E-state index contributed by atoms with van der Waals surface area (Å²) in [4.78, 5) is 11.9. The van der Waals surface area contributed by atoms with E-state index < -0.39 is 0 Å². The zero-order valence-corrected chi connectivity index (χ0v) is 12.8. The number of hydrogen-bond acceptors (Lipinski definition) is 2. The Balaban J connectivity index is 1.87. The second kappa shape index (κ2) is 6.93. The van der Waals surface area contributed by atoms with Crippen molar-refractivity contribution in [1.82, 2.24) is 5.32 Å². The number of carbonyl (C=O) groups is 1. The second-order valence-corrected chi connectivity index (χ2v) is 5.21. The van der Waals surface area contributed by atoms with Crippen LogP contribution in [0.1, 0.15) is 22.3 Å². The number of benzene rings is 2. The molecule has 0 atom stereocenters. The summed E-state index contributed by atoms with van der Waals surface area (Å²) in [5.74, 6) is 0.685. The zero-order valence-electron chi connectivity index (χ0n) is 12.8. The summed E-state index contributed by atoms with van der Waals surface area (Å²) in [6.45, 7) is 6.56. The minimum atomic E-state index is -0.110. The van der Waals surface area contributed by atoms with Crippen LogP contribution in [-0.4, -0.2) is 12.5 Å². The number of ether oxygens (including phenoxy) is 1. The predicted octanol–water partition coefficient (Wildman–Crippen LogP) is 3.31. The van der Waals surface area contributed by atoms with Gasteiger partial charge in [0, 0.05) is 6.54 Å². The number of hydrogen-bond donors (Lipinski definition) is 1. The summed E-state index contributed by atoms with van der Waals surface area (Å²) < 4.78 is 5.64. The highest BCUT2D eigenvalue weighted by atomic mass is 16.5. The van der Waals surface area contributed by atoms with Crippen molar-refractivity contribution >= 4 is 5.91 Å². The van der Waals surface area contributed by atoms with E-state index in [-0.39, 0.29) is 12.5 Å². The van der Waals surface area contributed by atoms with Gasteiger partial charge in [-0.25, -0.2) is 0 Å². The molecule has 21 heavy (non-hydrogen) atoms. The van der Waals surface area contributed by atoms with Crippen LogP contribution in [0.5, 0.6) is 5.75 Å². The fourth-order valence-corrected chi connectivity index (χ4v) is 2.22. The van der Waals surface area contributed by atoms with Crippen LogP contribution in [0.3, 0.4) is 0 Å². The molecule has 2 aromatic carbocycles. The van der Waals surface area contributed by atoms with Crippen molar-refractivity contribution in [2.75, 3.05) is 6.61 Å². The largest absolute Gasteiger partial charge is 0.483 e. The third-order valence-corrected chi connectivity index (χ3v) is 3.49. The van der Waals surface area contributed by atoms with Gasteiger partial charge in [0.2, 0.25) is 0 Å². The summed E-state index contributed by atoms with van der Waals surface area (Å²) in [5.41, 5.74) is 4.38. The van der Waals surface area contributed by atoms with Crippen LogP contribution < -0.4 is 10.1 Å². The van der Waals surface area contributed by atoms with Crippen molar-refractivity contribution in [3.63, 3.8) is 0 Å². The highest BCUT2D eigenvalue weighted by molar-refractivity contribution is 5.77. The van der Waals surface area contributed by atoms with Crippen LogP contribution in [0.25, 0.3) is 0 Å². The Morgan fingerprint density at radius 1 is 0.952 bits per heavy atom. The van der Waals surface area contributed by atoms with Gasteiger partial charge in [0.1, 0.15) is 5.75 Å². The molecule has 0 spiro atoms. The van der Waals surface area contributed by atoms with E-state index in [1.165, 1.54) is 5.56 Å². The van der Waals surface area contributed by atoms with E-state index in [0.29, 0.717) is 6.54 Å². The second-order valence-electron chi connectivity index (χ2n) is 5.21. The molecular weight excluding hydrogens is 262 g/mol. The molecule has 0 saturated heterocycles. The quantitative estimate of drug-likeness (QED) is 0.914. The van der Waals surface area contributed by atoms with Crippen LogP contribution in [0.4, 0.5) is 0 Å². The van der Waals surface area contributed by atoms with Gasteiger partial charge < -0.3 is 10.1 Å². The topological polar surface area (TPSA) is 38.3 Å². The number of carbonyl (C=O) groups excluding carboxylic acids is 1. The van der Waals surface area contributed by atoms with Gasteiger partial charge in [-0.1, -0.05) is 42.5 Å². The van der Waals surface area contributed by atoms with Gasteiger partial charge in [-0.15, -0.1) is 0 Å². The zero-order chi connectivity index (χ0) is 15.2. The third-order valence-electron chi connectivity index (χ3n) is 3.49. The molecule has 3 heteroatoms. The molecule has 0 aliphatic heterocycles. The molecule has 0 aliphatic carbocycles. The first-order valence-corrected chi connectivity index (χ1v) is 7.08. The Morgan fingerprint density at radius 2 is 1.57 bits per heavy atom. The van der Waals surface area contributed by atoms with Gasteiger partial charge in [-0.2, -0.15) is 0 Å². The van der Waals surface area contributed by atoms with E-state index in [1.807, 2.05) is 63.2 Å². The van der Waals surface area contributed by atoms with E-state index in [4.69, 9.17) is 4.74 Å². The number of para-hydroxylation sites is 1. The first-order chi connectivity index (χ1) is 10.1. The molecule has 2 rings (SSSR count). The molecule has 0 fully saturated rings. The number of rotatable bonds is 5. The monoisotopic (exact) mass is 283 g/mol. The molecule has 0 aliphatic rings. The van der Waals surface area contributed by atoms with Crippen molar-refractivity contribution < 1.29 is 9.53 Å². The van der Waals surface area contributed by atoms with Crippen molar-refractivity contribution in [3.05, 3.63) is 64.7 Å². The Hall–Kier alpha value is -2.29. The summed E-state index contributed by atoms with van der Waals surface area (Å²) in [6, 6.07) is 14.0. The van der Waals surface area contributed by atoms with Gasteiger partial charge in [0.05, 0.1) is 0 Å². The highest BCUT2D eigenvalue weighted by Gasteiger charge is 2.07. The first-order valence-electron chi connectivity index (χ1n) is 7.08. The van der Waals surface area contributed by atoms with E-state index in [1.54, 1.807) is 0 Å². The van der Waals surface area contributed by atoms with Crippen LogP contribution in [0.2, 0.25) is 0 Å². The fourth-order valence-electron chi connectivity index (χ4n) is 2.22. The third kappa shape index (κ3) is 4.09. The van der Waals surface area contributed by atoms with E-state index in [0.717, 1.165) is 22.4 Å². The Morgan fingerprint density at radius 3 is 2.24 bits per heavy atom. The van der Waals surface area contributed by atoms with Crippen molar-refractivity contribution in [1.29, 1.82) is 0 Å². The Bertz CT molecular complexity index is 615. The lowest BCUT2D eigenvalue weighted by molar-refractivity contribution is -0.123. The standard InChI is InChI=1S/C18H21NO2/c1-13-7-4-5-10-16(13)11-19-17(20)12-21-18-14(2)8-6-9-15(18)3/h4-10H,11-12H2,1-3H3,(H,19,20). The fraction of sp³-hybridized carbons (Fsp3) is 0.278. The molecule has 0 aromatic heterocycles. The van der Waals surface area contributed by atoms with Gasteiger partial charge in [0.15, 0.2) is 6.61 Å². The maximum absolute atomic E-state index is 11.9. The molecule has 0 saturated carbocycles. The minimum Gasteiger partial charge on any atom is -0.483 e. The average molecular weight is 283 g/mol. The van der Waals surface area contributed by atoms with E-state index in [2.05, 4.69) is 5.32 Å². The Labute approximate surface area is 126 Å². The number of nitrogens with one attached hydrogen (secondary N) is 1. The van der Waals surface area contributed by atoms with Crippen LogP contribution in [-0.2, 0) is 11.3 Å². The van der Waals surface area contributed by atoms with E-state index in [9.17, 15) is 4.79 Å². The summed E-state index contributed by atoms with van der Waals surface area (Å²) in [5, 5.41) is 2.89. The Kier molecular flexibility index (Phi) is 4.99. The summed E-state index contributed by atoms with van der Waals surface area (Å²) >= 11 is 0. The van der Waals surface area contributed by atoms with Gasteiger partial charge in [-0.05, 0) is 43.0 Å². The normalized spacial score (nSPS) is 10.2. The van der Waals surface area contributed by atoms with Gasteiger partial charge in [0.25, 0.3) is 5.91 Å². The molecule has 0 bridgehead atoms. The molecule has 1 N–H and O–H groups in total. The van der Waals surface area contributed by atoms with Crippen molar-refractivity contribution in [3.8, 4) is 5.75 Å². The van der Waals surface area contributed by atoms with Crippen LogP contribution in [0.15, 0.2) is 42.5 Å². The molecular formula is C18H21NO2. The lowest BCUT2D eigenvalue weighted by Crippen LogP contribution is -2.28. The van der Waals surface area contributed by atoms with E-state index >= 15 is 0 Å². The SMILES string of the molecule is Cc1ccccc1CNC(=O)COc1c(C)cccc1C. The number of amides is 1. The van der Waals surface area contributed by atoms with Gasteiger partial charge >= 0.3 is 0 Å². The van der Waals surface area contributed by atoms with Crippen LogP contribution >= 0.6 is 0 Å². The smallest absolute Gasteiger partial charge is 0.258 e. The lowest BCUT2D eigenvalue weighted by atomic mass is 10.1.